The van der Waals surface area contributed by atoms with Gasteiger partial charge in [0.2, 0.25) is 6.41 Å². The molecule has 1 amide bonds. The van der Waals surface area contributed by atoms with E-state index in [2.05, 4.69) is 5.32 Å². The van der Waals surface area contributed by atoms with Gasteiger partial charge < -0.3 is 15.2 Å². The van der Waals surface area contributed by atoms with Crippen molar-refractivity contribution in [2.75, 3.05) is 0 Å². The maximum absolute atomic E-state index is 10.1. The van der Waals surface area contributed by atoms with Crippen LogP contribution in [0.15, 0.2) is 0 Å². The minimum atomic E-state index is -1.19. The third-order valence-corrected chi connectivity index (χ3v) is 1.48. The number of nitrogens with one attached hydrogen (secondary N) is 1. The van der Waals surface area contributed by atoms with Crippen molar-refractivity contribution in [3.63, 3.8) is 0 Å². The van der Waals surface area contributed by atoms with Crippen LogP contribution in [0.25, 0.3) is 0 Å². The number of carbonyl (C=O) groups excluding carboxylic acids is 2. The number of hydrogen-bond acceptors (Lipinski definition) is 3. The van der Waals surface area contributed by atoms with Gasteiger partial charge in [0.25, 0.3) is 0 Å². The molecular weight excluding hydrogens is 161 g/mol. The number of carboxylic acid groups (broad SMARTS) is 1. The first-order valence-electron chi connectivity index (χ1n) is 2.64. The maximum Gasteiger partial charge on any atom is 1.00 e. The zero-order valence-electron chi connectivity index (χ0n) is 5.72. The number of aliphatic carboxylic acids is 1. The van der Waals surface area contributed by atoms with Crippen LogP contribution in [0.3, 0.4) is 0 Å². The normalized spacial score (nSPS) is 18.4. The van der Waals surface area contributed by atoms with Gasteiger partial charge in [-0.2, -0.15) is 0 Å². The fraction of sp³-hybridized carbons (Fsp3) is 0.600. The van der Waals surface area contributed by atoms with Crippen molar-refractivity contribution in [2.45, 2.75) is 18.4 Å². The van der Waals surface area contributed by atoms with Crippen LogP contribution in [0.1, 0.15) is 12.8 Å². The van der Waals surface area contributed by atoms with Gasteiger partial charge in [-0.05, 0) is 12.8 Å². The van der Waals surface area contributed by atoms with Crippen molar-refractivity contribution in [1.82, 2.24) is 5.32 Å². The van der Waals surface area contributed by atoms with Crippen LogP contribution in [-0.4, -0.2) is 17.9 Å². The summed E-state index contributed by atoms with van der Waals surface area (Å²) in [4.78, 5) is 19.9. The Bertz CT molecular complexity index is 155. The third-order valence-electron chi connectivity index (χ3n) is 1.48. The molecule has 4 nitrogen and oxygen atoms in total. The van der Waals surface area contributed by atoms with Gasteiger partial charge in [0.1, 0.15) is 0 Å². The molecule has 1 N–H and O–H groups in total. The topological polar surface area (TPSA) is 69.2 Å². The Hall–Kier alpha value is 0.576. The first kappa shape index (κ1) is 10.6. The van der Waals surface area contributed by atoms with Gasteiger partial charge in [-0.25, -0.2) is 0 Å². The molecule has 1 aliphatic rings. The molecule has 0 spiro atoms. The summed E-state index contributed by atoms with van der Waals surface area (Å²) in [5.74, 6) is -1.19. The Morgan fingerprint density at radius 3 is 2.20 bits per heavy atom. The van der Waals surface area contributed by atoms with Gasteiger partial charge in [-0.3, -0.25) is 4.79 Å². The number of carboxylic acids is 1. The minimum Gasteiger partial charge on any atom is -0.548 e. The molecule has 1 rings (SSSR count). The van der Waals surface area contributed by atoms with E-state index in [4.69, 9.17) is 0 Å². The molecule has 1 aliphatic carbocycles. The van der Waals surface area contributed by atoms with E-state index in [1.807, 2.05) is 0 Å². The van der Waals surface area contributed by atoms with Crippen LogP contribution < -0.4 is 61.8 Å². The zero-order chi connectivity index (χ0) is 6.91. The number of rotatable bonds is 3. The molecule has 0 aliphatic heterocycles. The molecular formula is C5H6KNO3. The van der Waals surface area contributed by atoms with Crippen molar-refractivity contribution in [3.8, 4) is 0 Å². The van der Waals surface area contributed by atoms with Gasteiger partial charge >= 0.3 is 51.4 Å². The molecule has 1 saturated carbocycles. The van der Waals surface area contributed by atoms with Crippen molar-refractivity contribution >= 4 is 12.4 Å². The van der Waals surface area contributed by atoms with E-state index in [1.54, 1.807) is 0 Å². The van der Waals surface area contributed by atoms with E-state index in [-0.39, 0.29) is 51.4 Å². The van der Waals surface area contributed by atoms with E-state index in [0.29, 0.717) is 19.3 Å². The van der Waals surface area contributed by atoms with Gasteiger partial charge in [0.05, 0.1) is 11.5 Å². The summed E-state index contributed by atoms with van der Waals surface area (Å²) in [7, 11) is 0. The van der Waals surface area contributed by atoms with Crippen molar-refractivity contribution in [2.24, 2.45) is 0 Å². The van der Waals surface area contributed by atoms with Gasteiger partial charge in [-0.15, -0.1) is 0 Å². The fourth-order valence-corrected chi connectivity index (χ4v) is 0.645. The smallest absolute Gasteiger partial charge is 0.548 e. The van der Waals surface area contributed by atoms with E-state index in [9.17, 15) is 14.7 Å². The van der Waals surface area contributed by atoms with Crippen LogP contribution in [0, 0.1) is 0 Å². The van der Waals surface area contributed by atoms with E-state index in [1.165, 1.54) is 0 Å². The van der Waals surface area contributed by atoms with Crippen LogP contribution in [0.5, 0.6) is 0 Å². The monoisotopic (exact) mass is 167 g/mol. The molecule has 0 heterocycles. The Morgan fingerprint density at radius 2 is 2.10 bits per heavy atom. The Labute approximate surface area is 101 Å². The van der Waals surface area contributed by atoms with Crippen molar-refractivity contribution in [3.05, 3.63) is 0 Å². The van der Waals surface area contributed by atoms with E-state index >= 15 is 0 Å². The fourth-order valence-electron chi connectivity index (χ4n) is 0.645. The number of hydrogen-bond donors (Lipinski definition) is 1. The van der Waals surface area contributed by atoms with Crippen LogP contribution in [-0.2, 0) is 9.59 Å². The summed E-state index contributed by atoms with van der Waals surface area (Å²) in [6, 6.07) is 0. The number of amides is 1. The first-order chi connectivity index (χ1) is 4.21. The van der Waals surface area contributed by atoms with Crippen molar-refractivity contribution in [1.29, 1.82) is 0 Å². The predicted molar refractivity (Wildman–Crippen MR) is 26.2 cm³/mol. The van der Waals surface area contributed by atoms with Gasteiger partial charge in [0.15, 0.2) is 0 Å². The SMILES string of the molecule is O=CNC1(C(=O)[O-])CC1.[K+]. The molecule has 0 aromatic rings. The van der Waals surface area contributed by atoms with Crippen molar-refractivity contribution < 1.29 is 66.1 Å². The average molecular weight is 167 g/mol. The second-order valence-electron chi connectivity index (χ2n) is 2.13. The molecule has 50 valence electrons. The summed E-state index contributed by atoms with van der Waals surface area (Å²) in [5, 5.41) is 12.3. The second-order valence-corrected chi connectivity index (χ2v) is 2.13. The van der Waals surface area contributed by atoms with E-state index < -0.39 is 11.5 Å². The molecule has 5 heteroatoms. The Balaban J connectivity index is 0.000000810. The van der Waals surface area contributed by atoms with Gasteiger partial charge in [0, 0.05) is 0 Å². The quantitative estimate of drug-likeness (QED) is 0.338. The molecule has 10 heavy (non-hydrogen) atoms. The molecule has 0 radical (unpaired) electrons. The molecule has 0 aromatic heterocycles. The largest absolute Gasteiger partial charge is 1.00 e. The third kappa shape index (κ3) is 2.03. The van der Waals surface area contributed by atoms with E-state index in [0.717, 1.165) is 0 Å². The molecule has 0 saturated heterocycles. The first-order valence-corrected chi connectivity index (χ1v) is 2.64. The molecule has 0 unspecified atom stereocenters. The second kappa shape index (κ2) is 3.82. The summed E-state index contributed by atoms with van der Waals surface area (Å²) >= 11 is 0. The Kier molecular flexibility index (Phi) is 4.04. The summed E-state index contributed by atoms with van der Waals surface area (Å²) < 4.78 is 0. The zero-order valence-corrected chi connectivity index (χ0v) is 8.84. The summed E-state index contributed by atoms with van der Waals surface area (Å²) in [5.41, 5.74) is -1.01. The van der Waals surface area contributed by atoms with Crippen LogP contribution in [0.4, 0.5) is 0 Å². The Morgan fingerprint density at radius 1 is 1.60 bits per heavy atom. The van der Waals surface area contributed by atoms with Crippen LogP contribution >= 0.6 is 0 Å². The minimum absolute atomic E-state index is 0. The number of carbonyl (C=O) groups is 2. The van der Waals surface area contributed by atoms with Gasteiger partial charge in [-0.1, -0.05) is 0 Å². The molecule has 1 fully saturated rings. The summed E-state index contributed by atoms with van der Waals surface area (Å²) in [6.45, 7) is 0. The molecule has 0 aromatic carbocycles. The predicted octanol–water partition coefficient (Wildman–Crippen LogP) is -4.98. The average Bonchev–Trinajstić information content (AvgIpc) is 2.49. The molecule has 0 bridgehead atoms. The van der Waals surface area contributed by atoms with Crippen LogP contribution in [0.2, 0.25) is 0 Å². The maximum atomic E-state index is 10.1. The standard InChI is InChI=1S/C5H7NO3.K/c7-3-6-5(1-2-5)4(8)9;/h3H,1-2H2,(H,6,7)(H,8,9);/q;+1/p-1. The molecule has 0 atom stereocenters. The summed E-state index contributed by atoms with van der Waals surface area (Å²) in [6.07, 6.45) is 1.38.